The van der Waals surface area contributed by atoms with Crippen molar-refractivity contribution in [3.05, 3.63) is 58.1 Å². The summed E-state index contributed by atoms with van der Waals surface area (Å²) < 4.78 is 16.4. The fraction of sp³-hybridized carbons (Fsp3) is 0.222. The third kappa shape index (κ3) is 4.35. The monoisotopic (exact) mass is 392 g/mol. The van der Waals surface area contributed by atoms with Crippen molar-refractivity contribution in [1.82, 2.24) is 0 Å². The first-order valence-electron chi connectivity index (χ1n) is 7.18. The molecule has 0 spiro atoms. The molecule has 2 aromatic rings. The van der Waals surface area contributed by atoms with Gasteiger partial charge in [0, 0.05) is 16.1 Å². The molecule has 2 aromatic carbocycles. The second-order valence-corrected chi connectivity index (χ2v) is 5.94. The first-order valence-corrected chi connectivity index (χ1v) is 7.97. The Hall–Kier alpha value is -2.34. The molecule has 6 heteroatoms. The van der Waals surface area contributed by atoms with Crippen molar-refractivity contribution >= 4 is 27.7 Å². The second-order valence-electron chi connectivity index (χ2n) is 5.02. The zero-order valence-electron chi connectivity index (χ0n) is 13.5. The number of carbonyl (C=O) groups is 2. The van der Waals surface area contributed by atoms with Gasteiger partial charge >= 0.3 is 5.97 Å². The van der Waals surface area contributed by atoms with Crippen LogP contribution in [0.3, 0.4) is 0 Å². The number of carbonyl (C=O) groups excluding carboxylic acids is 2. The molecule has 0 bridgehead atoms. The first-order chi connectivity index (χ1) is 11.4. The Labute approximate surface area is 148 Å². The predicted molar refractivity (Wildman–Crippen MR) is 92.9 cm³/mol. The van der Waals surface area contributed by atoms with Crippen LogP contribution >= 0.6 is 15.9 Å². The van der Waals surface area contributed by atoms with E-state index in [-0.39, 0.29) is 11.3 Å². The second kappa shape index (κ2) is 7.97. The molecule has 126 valence electrons. The van der Waals surface area contributed by atoms with Crippen LogP contribution in [0.15, 0.2) is 46.9 Å². The van der Waals surface area contributed by atoms with Crippen molar-refractivity contribution in [3.8, 4) is 11.5 Å². The van der Waals surface area contributed by atoms with Gasteiger partial charge in [-0.25, -0.2) is 4.79 Å². The van der Waals surface area contributed by atoms with Crippen LogP contribution in [0.1, 0.15) is 27.6 Å². The molecule has 0 amide bonds. The highest BCUT2D eigenvalue weighted by Crippen LogP contribution is 2.23. The molecule has 0 saturated heterocycles. The fourth-order valence-corrected chi connectivity index (χ4v) is 2.32. The molecule has 2 rings (SSSR count). The minimum absolute atomic E-state index is 0.252. The summed E-state index contributed by atoms with van der Waals surface area (Å²) in [6.45, 7) is 1.54. The van der Waals surface area contributed by atoms with Crippen LogP contribution in [0.25, 0.3) is 0 Å². The maximum Gasteiger partial charge on any atom is 0.339 e. The number of ether oxygens (including phenoxy) is 3. The summed E-state index contributed by atoms with van der Waals surface area (Å²) in [4.78, 5) is 24.6. The summed E-state index contributed by atoms with van der Waals surface area (Å²) >= 11 is 3.31. The SMILES string of the molecule is COc1cc(OC)cc(C(=O)O[C@H](C)C(=O)c2ccc(Br)cc2)c1. The van der Waals surface area contributed by atoms with E-state index in [1.807, 2.05) is 0 Å². The maximum absolute atomic E-state index is 12.3. The van der Waals surface area contributed by atoms with Gasteiger partial charge in [-0.1, -0.05) is 28.1 Å². The van der Waals surface area contributed by atoms with E-state index in [0.717, 1.165) is 4.47 Å². The van der Waals surface area contributed by atoms with E-state index >= 15 is 0 Å². The highest BCUT2D eigenvalue weighted by atomic mass is 79.9. The minimum atomic E-state index is -0.907. The Balaban J connectivity index is 2.13. The fourth-order valence-electron chi connectivity index (χ4n) is 2.06. The lowest BCUT2D eigenvalue weighted by Crippen LogP contribution is -2.24. The summed E-state index contributed by atoms with van der Waals surface area (Å²) in [5.41, 5.74) is 0.725. The van der Waals surface area contributed by atoms with Gasteiger partial charge in [-0.15, -0.1) is 0 Å². The molecule has 1 atom stereocenters. The van der Waals surface area contributed by atoms with E-state index in [0.29, 0.717) is 17.1 Å². The lowest BCUT2D eigenvalue weighted by Gasteiger charge is -2.13. The van der Waals surface area contributed by atoms with Gasteiger partial charge < -0.3 is 14.2 Å². The number of hydrogen-bond acceptors (Lipinski definition) is 5. The lowest BCUT2D eigenvalue weighted by molar-refractivity contribution is 0.0318. The van der Waals surface area contributed by atoms with Gasteiger partial charge in [0.25, 0.3) is 0 Å². The molecule has 0 unspecified atom stereocenters. The molecule has 0 N–H and O–H groups in total. The molecular formula is C18H17BrO5. The molecule has 0 fully saturated rings. The van der Waals surface area contributed by atoms with Gasteiger partial charge in [0.2, 0.25) is 5.78 Å². The number of rotatable bonds is 6. The molecule has 0 aromatic heterocycles. The van der Waals surface area contributed by atoms with E-state index in [1.165, 1.54) is 26.4 Å². The van der Waals surface area contributed by atoms with Crippen LogP contribution < -0.4 is 9.47 Å². The lowest BCUT2D eigenvalue weighted by atomic mass is 10.1. The molecule has 0 aliphatic rings. The van der Waals surface area contributed by atoms with Crippen molar-refractivity contribution in [2.24, 2.45) is 0 Å². The molecule has 0 radical (unpaired) electrons. The predicted octanol–water partition coefficient (Wildman–Crippen LogP) is 3.89. The maximum atomic E-state index is 12.3. The molecular weight excluding hydrogens is 376 g/mol. The quantitative estimate of drug-likeness (QED) is 0.551. The number of benzene rings is 2. The van der Waals surface area contributed by atoms with Crippen LogP contribution in [-0.2, 0) is 4.74 Å². The summed E-state index contributed by atoms with van der Waals surface area (Å²) in [6.07, 6.45) is -0.907. The summed E-state index contributed by atoms with van der Waals surface area (Å²) in [5, 5.41) is 0. The Morgan fingerprint density at radius 1 is 0.917 bits per heavy atom. The smallest absolute Gasteiger partial charge is 0.339 e. The van der Waals surface area contributed by atoms with E-state index in [1.54, 1.807) is 37.3 Å². The van der Waals surface area contributed by atoms with Gasteiger partial charge in [-0.3, -0.25) is 4.79 Å². The topological polar surface area (TPSA) is 61.8 Å². The standard InChI is InChI=1S/C18H17BrO5/c1-11(17(20)12-4-6-14(19)7-5-12)24-18(21)13-8-15(22-2)10-16(9-13)23-3/h4-11H,1-3H3/t11-/m1/s1. The van der Waals surface area contributed by atoms with Crippen molar-refractivity contribution in [3.63, 3.8) is 0 Å². The summed E-state index contributed by atoms with van der Waals surface area (Å²) in [5.74, 6) is 0.0391. The van der Waals surface area contributed by atoms with Crippen LogP contribution in [0.2, 0.25) is 0 Å². The molecule has 5 nitrogen and oxygen atoms in total. The molecule has 24 heavy (non-hydrogen) atoms. The molecule has 0 aliphatic heterocycles. The van der Waals surface area contributed by atoms with Crippen molar-refractivity contribution in [2.45, 2.75) is 13.0 Å². The third-order valence-electron chi connectivity index (χ3n) is 3.37. The average molecular weight is 393 g/mol. The number of methoxy groups -OCH3 is 2. The van der Waals surface area contributed by atoms with Crippen LogP contribution in [-0.4, -0.2) is 32.1 Å². The number of esters is 1. The van der Waals surface area contributed by atoms with Crippen LogP contribution in [0.5, 0.6) is 11.5 Å². The Morgan fingerprint density at radius 3 is 1.96 bits per heavy atom. The highest BCUT2D eigenvalue weighted by Gasteiger charge is 2.21. The molecule has 0 saturated carbocycles. The van der Waals surface area contributed by atoms with Crippen molar-refractivity contribution in [1.29, 1.82) is 0 Å². The van der Waals surface area contributed by atoms with Crippen LogP contribution in [0, 0.1) is 0 Å². The van der Waals surface area contributed by atoms with Crippen LogP contribution in [0.4, 0.5) is 0 Å². The Morgan fingerprint density at radius 2 is 1.46 bits per heavy atom. The van der Waals surface area contributed by atoms with Gasteiger partial charge in [0.1, 0.15) is 11.5 Å². The minimum Gasteiger partial charge on any atom is -0.497 e. The average Bonchev–Trinajstić information content (AvgIpc) is 2.61. The van der Waals surface area contributed by atoms with Gasteiger partial charge in [-0.2, -0.15) is 0 Å². The van der Waals surface area contributed by atoms with E-state index in [4.69, 9.17) is 14.2 Å². The highest BCUT2D eigenvalue weighted by molar-refractivity contribution is 9.10. The number of hydrogen-bond donors (Lipinski definition) is 0. The largest absolute Gasteiger partial charge is 0.497 e. The van der Waals surface area contributed by atoms with E-state index < -0.39 is 12.1 Å². The summed E-state index contributed by atoms with van der Waals surface area (Å²) in [6, 6.07) is 11.6. The zero-order chi connectivity index (χ0) is 17.7. The van der Waals surface area contributed by atoms with Crippen molar-refractivity contribution in [2.75, 3.05) is 14.2 Å². The van der Waals surface area contributed by atoms with E-state index in [2.05, 4.69) is 15.9 Å². The van der Waals surface area contributed by atoms with E-state index in [9.17, 15) is 9.59 Å². The van der Waals surface area contributed by atoms with Gasteiger partial charge in [-0.05, 0) is 31.2 Å². The Bertz CT molecular complexity index is 717. The van der Waals surface area contributed by atoms with Crippen molar-refractivity contribution < 1.29 is 23.8 Å². The third-order valence-corrected chi connectivity index (χ3v) is 3.90. The van der Waals surface area contributed by atoms with Gasteiger partial charge in [0.15, 0.2) is 6.10 Å². The van der Waals surface area contributed by atoms with Gasteiger partial charge in [0.05, 0.1) is 19.8 Å². The summed E-state index contributed by atoms with van der Waals surface area (Å²) in [7, 11) is 2.98. The Kier molecular flexibility index (Phi) is 5.98. The molecule has 0 aliphatic carbocycles. The number of Topliss-reactive ketones (excluding diaryl/α,β-unsaturated/α-hetero) is 1. The first kappa shape index (κ1) is 18.0. The number of halogens is 1. The zero-order valence-corrected chi connectivity index (χ0v) is 15.1. The number of ketones is 1. The molecule has 0 heterocycles. The normalized spacial score (nSPS) is 11.5.